The minimum absolute atomic E-state index is 0.0321. The molecule has 0 radical (unpaired) electrons. The maximum atomic E-state index is 11.3. The predicted octanol–water partition coefficient (Wildman–Crippen LogP) is -1.90. The van der Waals surface area contributed by atoms with E-state index in [2.05, 4.69) is 25.9 Å². The van der Waals surface area contributed by atoms with Crippen LogP contribution < -0.4 is 11.1 Å². The highest BCUT2D eigenvalue weighted by Crippen LogP contribution is 1.88. The van der Waals surface area contributed by atoms with Crippen molar-refractivity contribution in [1.29, 1.82) is 5.26 Å². The van der Waals surface area contributed by atoms with Crippen LogP contribution in [0.5, 0.6) is 0 Å². The van der Waals surface area contributed by atoms with Gasteiger partial charge in [-0.2, -0.15) is 5.26 Å². The van der Waals surface area contributed by atoms with E-state index in [1.807, 2.05) is 6.07 Å². The van der Waals surface area contributed by atoms with Gasteiger partial charge in [-0.05, 0) is 10.4 Å². The Labute approximate surface area is 85.8 Å². The van der Waals surface area contributed by atoms with Crippen LogP contribution >= 0.6 is 0 Å². The lowest BCUT2D eigenvalue weighted by Crippen LogP contribution is -2.37. The maximum Gasteiger partial charge on any atom is 0.164 e. The van der Waals surface area contributed by atoms with Crippen LogP contribution in [-0.4, -0.2) is 39.0 Å². The minimum Gasteiger partial charge on any atom is -0.321 e. The fourth-order valence-electron chi connectivity index (χ4n) is 0.901. The van der Waals surface area contributed by atoms with Crippen LogP contribution in [0.2, 0.25) is 0 Å². The Balaban J connectivity index is 2.20. The second kappa shape index (κ2) is 5.79. The number of nitrogens with zero attached hydrogens (tertiary/aromatic N) is 4. The molecule has 1 atom stereocenters. The molecule has 0 fully saturated rings. The molecule has 15 heavy (non-hydrogen) atoms. The number of aromatic nitrogens is 4. The molecule has 80 valence electrons. The molecule has 1 heterocycles. The van der Waals surface area contributed by atoms with Crippen LogP contribution in [0.15, 0.2) is 0 Å². The predicted molar refractivity (Wildman–Crippen MR) is 49.1 cm³/mol. The second-order valence-corrected chi connectivity index (χ2v) is 2.89. The Morgan fingerprint density at radius 3 is 3.13 bits per heavy atom. The summed E-state index contributed by atoms with van der Waals surface area (Å²) in [5.74, 6) is 0.334. The van der Waals surface area contributed by atoms with Gasteiger partial charge in [0.25, 0.3) is 0 Å². The zero-order chi connectivity index (χ0) is 11.1. The normalized spacial score (nSPS) is 12.0. The third kappa shape index (κ3) is 3.80. The highest BCUT2D eigenvalue weighted by molar-refractivity contribution is 5.85. The van der Waals surface area contributed by atoms with Crippen LogP contribution in [-0.2, 0) is 11.3 Å². The first-order chi connectivity index (χ1) is 7.24. The molecule has 0 aliphatic carbocycles. The zero-order valence-electron chi connectivity index (χ0n) is 7.97. The van der Waals surface area contributed by atoms with Gasteiger partial charge in [0.05, 0.1) is 31.6 Å². The Kier molecular flexibility index (Phi) is 4.33. The summed E-state index contributed by atoms with van der Waals surface area (Å²) in [7, 11) is 0. The fraction of sp³-hybridized carbons (Fsp3) is 0.571. The smallest absolute Gasteiger partial charge is 0.164 e. The number of Topliss-reactive ketones (excluding diaryl/α,β-unsaturated/α-hetero) is 1. The first-order valence-electron chi connectivity index (χ1n) is 4.32. The Bertz CT molecular complexity index is 341. The van der Waals surface area contributed by atoms with E-state index < -0.39 is 6.04 Å². The standard InChI is InChI=1S/C7H11N7O/c8-2-1-5(9)6(15)3-10-4-7-11-13-14-12-7/h5,10H,1,3-4,9H2,(H,11,12,13,14)/t5-/m0/s1. The van der Waals surface area contributed by atoms with E-state index in [1.165, 1.54) is 0 Å². The first kappa shape index (κ1) is 11.2. The van der Waals surface area contributed by atoms with Crippen LogP contribution in [0.4, 0.5) is 0 Å². The number of rotatable bonds is 6. The molecule has 0 spiro atoms. The summed E-state index contributed by atoms with van der Waals surface area (Å²) in [6.07, 6.45) is 0.0321. The number of carbonyl (C=O) groups excluding carboxylic acids is 1. The molecule has 0 aliphatic rings. The van der Waals surface area contributed by atoms with Crippen molar-refractivity contribution in [2.24, 2.45) is 5.73 Å². The number of tetrazole rings is 1. The molecule has 0 saturated carbocycles. The number of aromatic amines is 1. The maximum absolute atomic E-state index is 11.3. The Morgan fingerprint density at radius 2 is 2.53 bits per heavy atom. The van der Waals surface area contributed by atoms with Gasteiger partial charge in [0.2, 0.25) is 0 Å². The molecule has 1 aromatic rings. The molecule has 8 heteroatoms. The molecule has 8 nitrogen and oxygen atoms in total. The zero-order valence-corrected chi connectivity index (χ0v) is 7.97. The van der Waals surface area contributed by atoms with Crippen molar-refractivity contribution in [2.45, 2.75) is 19.0 Å². The van der Waals surface area contributed by atoms with Gasteiger partial charge in [-0.25, -0.2) is 5.10 Å². The Morgan fingerprint density at radius 1 is 1.73 bits per heavy atom. The lowest BCUT2D eigenvalue weighted by Gasteiger charge is -2.06. The molecule has 0 aliphatic heterocycles. The summed E-state index contributed by atoms with van der Waals surface area (Å²) in [4.78, 5) is 11.3. The van der Waals surface area contributed by atoms with Crippen molar-refractivity contribution < 1.29 is 4.79 Å². The van der Waals surface area contributed by atoms with E-state index in [-0.39, 0.29) is 18.7 Å². The highest BCUT2D eigenvalue weighted by Gasteiger charge is 2.12. The van der Waals surface area contributed by atoms with E-state index >= 15 is 0 Å². The summed E-state index contributed by atoms with van der Waals surface area (Å²) in [5, 5.41) is 24.0. The minimum atomic E-state index is -0.727. The SMILES string of the molecule is N#CC[C@H](N)C(=O)CNCc1nnn[nH]1. The van der Waals surface area contributed by atoms with Crippen molar-refractivity contribution in [3.05, 3.63) is 5.82 Å². The number of ketones is 1. The van der Waals surface area contributed by atoms with Gasteiger partial charge in [0, 0.05) is 0 Å². The molecular formula is C7H11N7O. The summed E-state index contributed by atoms with van der Waals surface area (Å²) < 4.78 is 0. The van der Waals surface area contributed by atoms with Crippen molar-refractivity contribution in [3.63, 3.8) is 0 Å². The second-order valence-electron chi connectivity index (χ2n) is 2.89. The van der Waals surface area contributed by atoms with Gasteiger partial charge >= 0.3 is 0 Å². The molecule has 0 aromatic carbocycles. The quantitative estimate of drug-likeness (QED) is 0.498. The van der Waals surface area contributed by atoms with E-state index in [0.29, 0.717) is 12.4 Å². The summed E-state index contributed by atoms with van der Waals surface area (Å²) >= 11 is 0. The molecule has 0 unspecified atom stereocenters. The monoisotopic (exact) mass is 209 g/mol. The van der Waals surface area contributed by atoms with E-state index in [9.17, 15) is 4.79 Å². The fourth-order valence-corrected chi connectivity index (χ4v) is 0.901. The largest absolute Gasteiger partial charge is 0.321 e. The van der Waals surface area contributed by atoms with Gasteiger partial charge in [-0.1, -0.05) is 0 Å². The third-order valence-corrected chi connectivity index (χ3v) is 1.71. The highest BCUT2D eigenvalue weighted by atomic mass is 16.1. The number of hydrogen-bond acceptors (Lipinski definition) is 7. The van der Waals surface area contributed by atoms with Gasteiger partial charge < -0.3 is 11.1 Å². The number of hydrogen-bond donors (Lipinski definition) is 3. The first-order valence-corrected chi connectivity index (χ1v) is 4.32. The topological polar surface area (TPSA) is 133 Å². The molecule has 0 amide bonds. The van der Waals surface area contributed by atoms with E-state index in [1.54, 1.807) is 0 Å². The number of carbonyl (C=O) groups is 1. The molecule has 1 rings (SSSR count). The number of nitrogens with one attached hydrogen (secondary N) is 2. The molecule has 0 saturated heterocycles. The Hall–Kier alpha value is -1.85. The van der Waals surface area contributed by atoms with Crippen LogP contribution in [0, 0.1) is 11.3 Å². The molecule has 1 aromatic heterocycles. The van der Waals surface area contributed by atoms with Gasteiger partial charge in [-0.3, -0.25) is 4.79 Å². The average molecular weight is 209 g/mol. The van der Waals surface area contributed by atoms with Crippen LogP contribution in [0.3, 0.4) is 0 Å². The van der Waals surface area contributed by atoms with Gasteiger partial charge in [0.1, 0.15) is 0 Å². The average Bonchev–Trinajstić information content (AvgIpc) is 2.71. The van der Waals surface area contributed by atoms with Crippen molar-refractivity contribution >= 4 is 5.78 Å². The van der Waals surface area contributed by atoms with E-state index in [4.69, 9.17) is 11.0 Å². The third-order valence-electron chi connectivity index (χ3n) is 1.71. The molecular weight excluding hydrogens is 198 g/mol. The van der Waals surface area contributed by atoms with E-state index in [0.717, 1.165) is 0 Å². The number of H-pyrrole nitrogens is 1. The van der Waals surface area contributed by atoms with Gasteiger partial charge in [0.15, 0.2) is 11.6 Å². The van der Waals surface area contributed by atoms with Crippen molar-refractivity contribution in [1.82, 2.24) is 25.9 Å². The summed E-state index contributed by atoms with van der Waals surface area (Å²) in [6, 6.07) is 1.11. The van der Waals surface area contributed by atoms with Crippen molar-refractivity contribution in [3.8, 4) is 6.07 Å². The van der Waals surface area contributed by atoms with Gasteiger partial charge in [-0.15, -0.1) is 5.10 Å². The summed E-state index contributed by atoms with van der Waals surface area (Å²) in [6.45, 7) is 0.460. The number of nitriles is 1. The summed E-state index contributed by atoms with van der Waals surface area (Å²) in [5.41, 5.74) is 5.43. The van der Waals surface area contributed by atoms with Crippen LogP contribution in [0.1, 0.15) is 12.2 Å². The lowest BCUT2D eigenvalue weighted by molar-refractivity contribution is -0.119. The van der Waals surface area contributed by atoms with Crippen molar-refractivity contribution in [2.75, 3.05) is 6.54 Å². The molecule has 4 N–H and O–H groups in total. The lowest BCUT2D eigenvalue weighted by atomic mass is 10.1. The molecule has 0 bridgehead atoms. The van der Waals surface area contributed by atoms with Crippen LogP contribution in [0.25, 0.3) is 0 Å². The number of nitrogens with two attached hydrogens (primary N) is 1.